The Labute approximate surface area is 105 Å². The minimum atomic E-state index is 0.302. The van der Waals surface area contributed by atoms with E-state index in [1.54, 1.807) is 0 Å². The molecule has 0 radical (unpaired) electrons. The van der Waals surface area contributed by atoms with Crippen molar-refractivity contribution in [1.29, 1.82) is 0 Å². The van der Waals surface area contributed by atoms with E-state index in [0.717, 1.165) is 23.1 Å². The highest BCUT2D eigenvalue weighted by atomic mass is 79.9. The van der Waals surface area contributed by atoms with Gasteiger partial charge < -0.3 is 4.74 Å². The second kappa shape index (κ2) is 7.44. The lowest BCUT2D eigenvalue weighted by Crippen LogP contribution is -2.02. The quantitative estimate of drug-likeness (QED) is 0.718. The zero-order valence-electron chi connectivity index (χ0n) is 9.54. The molecule has 0 N–H and O–H groups in total. The Morgan fingerprint density at radius 2 is 2.00 bits per heavy atom. The van der Waals surface area contributed by atoms with Gasteiger partial charge in [0.1, 0.15) is 11.5 Å². The van der Waals surface area contributed by atoms with Gasteiger partial charge in [-0.25, -0.2) is 0 Å². The standard InChI is InChI=1S/C13H17BrO2/c1-2-3-12(15)10-11-4-6-13(7-5-11)16-9-8-14/h4-7H,2-3,8-10H2,1H3. The lowest BCUT2D eigenvalue weighted by molar-refractivity contribution is -0.118. The van der Waals surface area contributed by atoms with E-state index in [1.807, 2.05) is 31.2 Å². The van der Waals surface area contributed by atoms with Crippen molar-refractivity contribution in [3.8, 4) is 5.75 Å². The number of halogens is 1. The topological polar surface area (TPSA) is 26.3 Å². The molecule has 1 rings (SSSR count). The molecule has 3 heteroatoms. The van der Waals surface area contributed by atoms with Gasteiger partial charge in [-0.2, -0.15) is 0 Å². The minimum absolute atomic E-state index is 0.302. The highest BCUT2D eigenvalue weighted by Gasteiger charge is 2.02. The lowest BCUT2D eigenvalue weighted by Gasteiger charge is -2.05. The summed E-state index contributed by atoms with van der Waals surface area (Å²) in [5.74, 6) is 1.16. The summed E-state index contributed by atoms with van der Waals surface area (Å²) in [6.45, 7) is 2.68. The lowest BCUT2D eigenvalue weighted by atomic mass is 10.1. The summed E-state index contributed by atoms with van der Waals surface area (Å²) in [5, 5.41) is 0.823. The Morgan fingerprint density at radius 3 is 2.56 bits per heavy atom. The van der Waals surface area contributed by atoms with Gasteiger partial charge in [0.25, 0.3) is 0 Å². The first-order valence-electron chi connectivity index (χ1n) is 5.55. The zero-order valence-corrected chi connectivity index (χ0v) is 11.1. The molecule has 0 bridgehead atoms. The van der Waals surface area contributed by atoms with Crippen LogP contribution in [-0.4, -0.2) is 17.7 Å². The Balaban J connectivity index is 2.47. The molecule has 88 valence electrons. The number of benzene rings is 1. The number of rotatable bonds is 7. The van der Waals surface area contributed by atoms with Gasteiger partial charge in [-0.1, -0.05) is 35.0 Å². The molecule has 0 aliphatic rings. The number of hydrogen-bond acceptors (Lipinski definition) is 2. The molecule has 0 saturated heterocycles. The van der Waals surface area contributed by atoms with E-state index in [4.69, 9.17) is 4.74 Å². The first kappa shape index (κ1) is 13.2. The number of carbonyl (C=O) groups is 1. The summed E-state index contributed by atoms with van der Waals surface area (Å²) in [5.41, 5.74) is 1.06. The fourth-order valence-electron chi connectivity index (χ4n) is 1.45. The molecular formula is C13H17BrO2. The predicted octanol–water partition coefficient (Wildman–Crippen LogP) is 3.37. The maximum Gasteiger partial charge on any atom is 0.137 e. The fourth-order valence-corrected chi connectivity index (χ4v) is 1.62. The van der Waals surface area contributed by atoms with Gasteiger partial charge in [-0.15, -0.1) is 0 Å². The molecule has 1 aromatic rings. The van der Waals surface area contributed by atoms with Crippen LogP contribution >= 0.6 is 15.9 Å². The van der Waals surface area contributed by atoms with Crippen LogP contribution in [-0.2, 0) is 11.2 Å². The van der Waals surface area contributed by atoms with Crippen molar-refractivity contribution in [2.24, 2.45) is 0 Å². The molecular weight excluding hydrogens is 268 g/mol. The van der Waals surface area contributed by atoms with E-state index in [1.165, 1.54) is 0 Å². The van der Waals surface area contributed by atoms with Crippen LogP contribution in [0.1, 0.15) is 25.3 Å². The smallest absolute Gasteiger partial charge is 0.137 e. The molecule has 0 heterocycles. The Hall–Kier alpha value is -0.830. The maximum absolute atomic E-state index is 11.4. The van der Waals surface area contributed by atoms with Crippen LogP contribution in [0.15, 0.2) is 24.3 Å². The van der Waals surface area contributed by atoms with Crippen molar-refractivity contribution >= 4 is 21.7 Å². The van der Waals surface area contributed by atoms with Gasteiger partial charge in [0, 0.05) is 18.2 Å². The summed E-state index contributed by atoms with van der Waals surface area (Å²) < 4.78 is 5.43. The molecule has 0 saturated carbocycles. The Bertz CT molecular complexity index is 319. The predicted molar refractivity (Wildman–Crippen MR) is 69.4 cm³/mol. The highest BCUT2D eigenvalue weighted by molar-refractivity contribution is 9.09. The van der Waals surface area contributed by atoms with E-state index in [9.17, 15) is 4.79 Å². The van der Waals surface area contributed by atoms with Crippen LogP contribution in [0.25, 0.3) is 0 Å². The third-order valence-electron chi connectivity index (χ3n) is 2.20. The molecule has 0 amide bonds. The summed E-state index contributed by atoms with van der Waals surface area (Å²) in [6.07, 6.45) is 2.12. The fraction of sp³-hybridized carbons (Fsp3) is 0.462. The number of carbonyl (C=O) groups excluding carboxylic acids is 1. The average Bonchev–Trinajstić information content (AvgIpc) is 2.28. The number of alkyl halides is 1. The molecule has 0 atom stereocenters. The molecule has 0 aromatic heterocycles. The van der Waals surface area contributed by atoms with Crippen LogP contribution in [0.3, 0.4) is 0 Å². The van der Waals surface area contributed by atoms with E-state index < -0.39 is 0 Å². The molecule has 0 unspecified atom stereocenters. The highest BCUT2D eigenvalue weighted by Crippen LogP contribution is 2.13. The summed E-state index contributed by atoms with van der Waals surface area (Å²) in [6, 6.07) is 7.74. The molecule has 0 aliphatic carbocycles. The van der Waals surface area contributed by atoms with Crippen molar-refractivity contribution in [2.75, 3.05) is 11.9 Å². The number of ether oxygens (including phenoxy) is 1. The van der Waals surface area contributed by atoms with Gasteiger partial charge >= 0.3 is 0 Å². The molecule has 1 aromatic carbocycles. The zero-order chi connectivity index (χ0) is 11.8. The third kappa shape index (κ3) is 4.79. The number of Topliss-reactive ketones (excluding diaryl/α,β-unsaturated/α-hetero) is 1. The minimum Gasteiger partial charge on any atom is -0.493 e. The van der Waals surface area contributed by atoms with Gasteiger partial charge in [0.15, 0.2) is 0 Å². The van der Waals surface area contributed by atoms with E-state index in [0.29, 0.717) is 25.2 Å². The van der Waals surface area contributed by atoms with E-state index in [2.05, 4.69) is 15.9 Å². The van der Waals surface area contributed by atoms with Crippen molar-refractivity contribution < 1.29 is 9.53 Å². The average molecular weight is 285 g/mol. The SMILES string of the molecule is CCCC(=O)Cc1ccc(OCCBr)cc1. The van der Waals surface area contributed by atoms with Gasteiger partial charge in [0.05, 0.1) is 6.61 Å². The molecule has 0 aliphatic heterocycles. The summed E-state index contributed by atoms with van der Waals surface area (Å²) in [4.78, 5) is 11.4. The van der Waals surface area contributed by atoms with Gasteiger partial charge in [-0.3, -0.25) is 4.79 Å². The normalized spacial score (nSPS) is 10.1. The molecule has 0 fully saturated rings. The van der Waals surface area contributed by atoms with Crippen LogP contribution in [0.2, 0.25) is 0 Å². The summed E-state index contributed by atoms with van der Waals surface area (Å²) >= 11 is 3.30. The first-order valence-corrected chi connectivity index (χ1v) is 6.67. The second-order valence-corrected chi connectivity index (χ2v) is 4.44. The maximum atomic E-state index is 11.4. The van der Waals surface area contributed by atoms with Gasteiger partial charge in [0.2, 0.25) is 0 Å². The molecule has 16 heavy (non-hydrogen) atoms. The monoisotopic (exact) mass is 284 g/mol. The Kier molecular flexibility index (Phi) is 6.16. The largest absolute Gasteiger partial charge is 0.493 e. The van der Waals surface area contributed by atoms with Crippen LogP contribution < -0.4 is 4.74 Å². The number of hydrogen-bond donors (Lipinski definition) is 0. The van der Waals surface area contributed by atoms with Gasteiger partial charge in [-0.05, 0) is 24.1 Å². The molecule has 0 spiro atoms. The second-order valence-electron chi connectivity index (χ2n) is 3.65. The van der Waals surface area contributed by atoms with Crippen LogP contribution in [0, 0.1) is 0 Å². The van der Waals surface area contributed by atoms with Crippen LogP contribution in [0.4, 0.5) is 0 Å². The van der Waals surface area contributed by atoms with Crippen molar-refractivity contribution in [1.82, 2.24) is 0 Å². The number of ketones is 1. The first-order chi connectivity index (χ1) is 7.76. The van der Waals surface area contributed by atoms with E-state index in [-0.39, 0.29) is 0 Å². The third-order valence-corrected chi connectivity index (χ3v) is 2.52. The van der Waals surface area contributed by atoms with Crippen molar-refractivity contribution in [3.05, 3.63) is 29.8 Å². The van der Waals surface area contributed by atoms with Crippen molar-refractivity contribution in [2.45, 2.75) is 26.2 Å². The van der Waals surface area contributed by atoms with E-state index >= 15 is 0 Å². The Morgan fingerprint density at radius 1 is 1.31 bits per heavy atom. The van der Waals surface area contributed by atoms with Crippen molar-refractivity contribution in [3.63, 3.8) is 0 Å². The van der Waals surface area contributed by atoms with Crippen LogP contribution in [0.5, 0.6) is 5.75 Å². The summed E-state index contributed by atoms with van der Waals surface area (Å²) in [7, 11) is 0. The molecule has 2 nitrogen and oxygen atoms in total.